The minimum absolute atomic E-state index is 0.0658. The highest BCUT2D eigenvalue weighted by Crippen LogP contribution is 2.18. The van der Waals surface area contributed by atoms with Crippen LogP contribution in [0.1, 0.15) is 29.6 Å². The van der Waals surface area contributed by atoms with Crippen molar-refractivity contribution in [2.24, 2.45) is 0 Å². The Bertz CT molecular complexity index is 831. The smallest absolute Gasteiger partial charge is 0.264 e. The summed E-state index contributed by atoms with van der Waals surface area (Å²) in [6, 6.07) is 0. The highest BCUT2D eigenvalue weighted by atomic mass is 32.1. The zero-order valence-corrected chi connectivity index (χ0v) is 12.3. The Morgan fingerprint density at radius 2 is 2.15 bits per heavy atom. The maximum Gasteiger partial charge on any atom is 0.264 e. The van der Waals surface area contributed by atoms with Crippen LogP contribution < -0.4 is 5.56 Å². The van der Waals surface area contributed by atoms with Gasteiger partial charge in [0, 0.05) is 12.0 Å². The van der Waals surface area contributed by atoms with Gasteiger partial charge in [0.2, 0.25) is 0 Å². The van der Waals surface area contributed by atoms with Crippen molar-refractivity contribution < 1.29 is 4.52 Å². The average Bonchev–Trinajstić information content (AvgIpc) is 2.98. The molecule has 0 amide bonds. The van der Waals surface area contributed by atoms with E-state index in [1.165, 1.54) is 11.5 Å². The van der Waals surface area contributed by atoms with Crippen LogP contribution in [0.15, 0.2) is 15.6 Å². The average molecular weight is 290 g/mol. The topological polar surface area (TPSA) is 73.8 Å². The molecule has 0 atom stereocenters. The van der Waals surface area contributed by atoms with Crippen LogP contribution in [0.3, 0.4) is 0 Å². The molecule has 0 bridgehead atoms. The molecule has 0 N–H and O–H groups in total. The van der Waals surface area contributed by atoms with Crippen LogP contribution >= 0.6 is 11.5 Å². The van der Waals surface area contributed by atoms with E-state index in [-0.39, 0.29) is 5.56 Å². The molecular weight excluding hydrogens is 276 g/mol. The molecule has 7 heteroatoms. The number of nitrogens with zero attached hydrogens (tertiary/aromatic N) is 4. The van der Waals surface area contributed by atoms with Gasteiger partial charge in [0.25, 0.3) is 5.56 Å². The van der Waals surface area contributed by atoms with Crippen molar-refractivity contribution in [3.63, 3.8) is 0 Å². The highest BCUT2D eigenvalue weighted by molar-refractivity contribution is 7.12. The molecule has 3 aromatic rings. The fourth-order valence-corrected chi connectivity index (χ4v) is 2.94. The number of hydrogen-bond acceptors (Lipinski definition) is 6. The lowest BCUT2D eigenvalue weighted by Gasteiger charge is -2.05. The molecule has 0 aliphatic carbocycles. The highest BCUT2D eigenvalue weighted by Gasteiger charge is 2.15. The van der Waals surface area contributed by atoms with E-state index >= 15 is 0 Å². The maximum absolute atomic E-state index is 12.5. The first-order valence-electron chi connectivity index (χ1n) is 6.37. The second kappa shape index (κ2) is 4.82. The van der Waals surface area contributed by atoms with Crippen molar-refractivity contribution in [3.8, 4) is 0 Å². The van der Waals surface area contributed by atoms with Gasteiger partial charge in [0.15, 0.2) is 4.83 Å². The molecule has 0 radical (unpaired) electrons. The summed E-state index contributed by atoms with van der Waals surface area (Å²) in [5.41, 5.74) is 2.43. The predicted octanol–water partition coefficient (Wildman–Crippen LogP) is 2.07. The normalized spacial score (nSPS) is 11.3. The zero-order valence-electron chi connectivity index (χ0n) is 11.5. The largest absolute Gasteiger partial charge is 0.361 e. The Morgan fingerprint density at radius 1 is 1.35 bits per heavy atom. The molecule has 20 heavy (non-hydrogen) atoms. The van der Waals surface area contributed by atoms with Crippen molar-refractivity contribution in [3.05, 3.63) is 39.4 Å². The summed E-state index contributed by atoms with van der Waals surface area (Å²) >= 11 is 1.25. The summed E-state index contributed by atoms with van der Waals surface area (Å²) < 4.78 is 11.0. The first-order valence-corrected chi connectivity index (χ1v) is 7.14. The molecule has 0 saturated heterocycles. The van der Waals surface area contributed by atoms with Gasteiger partial charge in [0.05, 0.1) is 29.6 Å². The molecule has 104 valence electrons. The molecule has 0 fully saturated rings. The van der Waals surface area contributed by atoms with E-state index in [2.05, 4.69) is 14.5 Å². The minimum atomic E-state index is -0.0658. The number of aryl methyl sites for hydroxylation is 3. The quantitative estimate of drug-likeness (QED) is 0.738. The predicted molar refractivity (Wildman–Crippen MR) is 76.1 cm³/mol. The fraction of sp³-hybridized carbons (Fsp3) is 0.385. The summed E-state index contributed by atoms with van der Waals surface area (Å²) in [6.45, 7) is 6.14. The van der Waals surface area contributed by atoms with Gasteiger partial charge < -0.3 is 4.52 Å². The van der Waals surface area contributed by atoms with Crippen LogP contribution in [0.25, 0.3) is 10.2 Å². The van der Waals surface area contributed by atoms with Gasteiger partial charge in [-0.3, -0.25) is 9.36 Å². The van der Waals surface area contributed by atoms with Gasteiger partial charge in [-0.15, -0.1) is 0 Å². The van der Waals surface area contributed by atoms with Crippen LogP contribution in [-0.2, 0) is 13.0 Å². The molecule has 6 nitrogen and oxygen atoms in total. The minimum Gasteiger partial charge on any atom is -0.361 e. The Balaban J connectivity index is 2.11. The summed E-state index contributed by atoms with van der Waals surface area (Å²) in [6.07, 6.45) is 2.31. The number of hydrogen-bond donors (Lipinski definition) is 0. The third kappa shape index (κ3) is 1.94. The lowest BCUT2D eigenvalue weighted by atomic mass is 10.1. The molecule has 3 heterocycles. The van der Waals surface area contributed by atoms with E-state index in [9.17, 15) is 4.79 Å². The van der Waals surface area contributed by atoms with Gasteiger partial charge in [-0.1, -0.05) is 12.1 Å². The number of fused-ring (bicyclic) bond motifs is 1. The first-order chi connectivity index (χ1) is 9.61. The Morgan fingerprint density at radius 3 is 2.90 bits per heavy atom. The molecular formula is C13H14N4O2S. The van der Waals surface area contributed by atoms with E-state index in [1.807, 2.05) is 20.8 Å². The zero-order chi connectivity index (χ0) is 14.3. The van der Waals surface area contributed by atoms with Crippen molar-refractivity contribution in [2.45, 2.75) is 33.7 Å². The molecule has 0 aliphatic rings. The SMILES string of the molecule is CCc1onc(C)c1Cn1cnc2snc(C)c2c1=O. The monoisotopic (exact) mass is 290 g/mol. The summed E-state index contributed by atoms with van der Waals surface area (Å²) in [4.78, 5) is 17.5. The van der Waals surface area contributed by atoms with E-state index < -0.39 is 0 Å². The number of rotatable bonds is 3. The van der Waals surface area contributed by atoms with Gasteiger partial charge in [0.1, 0.15) is 5.76 Å². The molecule has 0 spiro atoms. The second-order valence-electron chi connectivity index (χ2n) is 4.65. The summed E-state index contributed by atoms with van der Waals surface area (Å²) in [5.74, 6) is 0.815. The van der Waals surface area contributed by atoms with Crippen LogP contribution in [0.2, 0.25) is 0 Å². The Kier molecular flexibility index (Phi) is 3.13. The summed E-state index contributed by atoms with van der Waals surface area (Å²) in [7, 11) is 0. The van der Waals surface area contributed by atoms with Crippen LogP contribution in [0, 0.1) is 13.8 Å². The van der Waals surface area contributed by atoms with E-state index in [0.29, 0.717) is 16.8 Å². The molecule has 0 aromatic carbocycles. The Labute approximate surface area is 119 Å². The first kappa shape index (κ1) is 13.0. The lowest BCUT2D eigenvalue weighted by molar-refractivity contribution is 0.381. The third-order valence-corrected chi connectivity index (χ3v) is 4.20. The van der Waals surface area contributed by atoms with Crippen molar-refractivity contribution in [1.29, 1.82) is 0 Å². The van der Waals surface area contributed by atoms with Gasteiger partial charge >= 0.3 is 0 Å². The van der Waals surface area contributed by atoms with Gasteiger partial charge in [-0.2, -0.15) is 4.37 Å². The van der Waals surface area contributed by atoms with E-state index in [1.54, 1.807) is 10.9 Å². The van der Waals surface area contributed by atoms with Crippen LogP contribution in [0.5, 0.6) is 0 Å². The van der Waals surface area contributed by atoms with Crippen molar-refractivity contribution in [2.75, 3.05) is 0 Å². The molecule has 3 rings (SSSR count). The van der Waals surface area contributed by atoms with Gasteiger partial charge in [-0.05, 0) is 25.4 Å². The Hall–Kier alpha value is -2.02. The molecule has 0 saturated carbocycles. The molecule has 0 unspecified atom stereocenters. The third-order valence-electron chi connectivity index (χ3n) is 3.35. The van der Waals surface area contributed by atoms with Crippen molar-refractivity contribution in [1.82, 2.24) is 19.1 Å². The number of aromatic nitrogens is 4. The van der Waals surface area contributed by atoms with Crippen LogP contribution in [-0.4, -0.2) is 19.1 Å². The van der Waals surface area contributed by atoms with E-state index in [4.69, 9.17) is 4.52 Å². The van der Waals surface area contributed by atoms with Crippen molar-refractivity contribution >= 4 is 21.7 Å². The van der Waals surface area contributed by atoms with E-state index in [0.717, 1.165) is 29.1 Å². The standard InChI is InChI=1S/C13H14N4O2S/c1-4-10-9(7(2)15-19-10)5-17-6-14-12-11(13(17)18)8(3)16-20-12/h6H,4-5H2,1-3H3. The lowest BCUT2D eigenvalue weighted by Crippen LogP contribution is -2.21. The van der Waals surface area contributed by atoms with Gasteiger partial charge in [-0.25, -0.2) is 4.98 Å². The second-order valence-corrected chi connectivity index (χ2v) is 5.40. The maximum atomic E-state index is 12.5. The molecule has 3 aromatic heterocycles. The molecule has 0 aliphatic heterocycles. The summed E-state index contributed by atoms with van der Waals surface area (Å²) in [5, 5.41) is 4.56. The fourth-order valence-electron chi connectivity index (χ4n) is 2.21. The van der Waals surface area contributed by atoms with Crippen LogP contribution in [0.4, 0.5) is 0 Å².